The Hall–Kier alpha value is -1.58. The lowest BCUT2D eigenvalue weighted by Gasteiger charge is -2.21. The van der Waals surface area contributed by atoms with Gasteiger partial charge in [0.1, 0.15) is 5.69 Å². The van der Waals surface area contributed by atoms with Gasteiger partial charge in [-0.05, 0) is 39.3 Å². The lowest BCUT2D eigenvalue weighted by atomic mass is 10.2. The van der Waals surface area contributed by atoms with Crippen molar-refractivity contribution in [3.05, 3.63) is 24.0 Å². The largest absolute Gasteiger partial charge is 0.372 e. The highest BCUT2D eigenvalue weighted by Gasteiger charge is 2.11. The van der Waals surface area contributed by atoms with Gasteiger partial charge in [0.25, 0.3) is 5.91 Å². The number of hydrogen-bond donors (Lipinski definition) is 1. The summed E-state index contributed by atoms with van der Waals surface area (Å²) in [7, 11) is 0. The first-order chi connectivity index (χ1) is 8.62. The van der Waals surface area contributed by atoms with Gasteiger partial charge in [-0.2, -0.15) is 0 Å². The van der Waals surface area contributed by atoms with E-state index < -0.39 is 0 Å². The normalized spacial score (nSPS) is 12.0. The Labute approximate surface area is 109 Å². The van der Waals surface area contributed by atoms with Gasteiger partial charge in [-0.25, -0.2) is 0 Å². The molecule has 0 saturated heterocycles. The number of aromatic nitrogens is 1. The molecule has 1 aromatic rings. The molecule has 0 fully saturated rings. The van der Waals surface area contributed by atoms with Crippen LogP contribution < -0.4 is 10.2 Å². The van der Waals surface area contributed by atoms with Gasteiger partial charge < -0.3 is 10.2 Å². The van der Waals surface area contributed by atoms with Crippen molar-refractivity contribution < 1.29 is 4.79 Å². The van der Waals surface area contributed by atoms with E-state index in [1.807, 2.05) is 26.0 Å². The number of carbonyl (C=O) groups excluding carboxylic acids is 1. The van der Waals surface area contributed by atoms with Crippen molar-refractivity contribution in [3.63, 3.8) is 0 Å². The summed E-state index contributed by atoms with van der Waals surface area (Å²) in [5, 5.41) is 2.93. The zero-order valence-electron chi connectivity index (χ0n) is 11.7. The summed E-state index contributed by atoms with van der Waals surface area (Å²) in [6, 6.07) is 3.97. The Morgan fingerprint density at radius 3 is 2.61 bits per heavy atom. The van der Waals surface area contributed by atoms with Gasteiger partial charge in [-0.1, -0.05) is 6.92 Å². The monoisotopic (exact) mass is 249 g/mol. The van der Waals surface area contributed by atoms with Gasteiger partial charge in [-0.15, -0.1) is 0 Å². The molecule has 1 N–H and O–H groups in total. The van der Waals surface area contributed by atoms with Gasteiger partial charge in [-0.3, -0.25) is 9.78 Å². The van der Waals surface area contributed by atoms with Gasteiger partial charge in [0.2, 0.25) is 0 Å². The fourth-order valence-electron chi connectivity index (χ4n) is 1.73. The third-order valence-electron chi connectivity index (χ3n) is 3.09. The highest BCUT2D eigenvalue weighted by atomic mass is 16.1. The van der Waals surface area contributed by atoms with E-state index in [0.717, 1.165) is 25.2 Å². The number of nitrogens with zero attached hydrogens (tertiary/aromatic N) is 2. The van der Waals surface area contributed by atoms with Gasteiger partial charge in [0, 0.05) is 31.0 Å². The van der Waals surface area contributed by atoms with Crippen LogP contribution in [0.25, 0.3) is 0 Å². The maximum Gasteiger partial charge on any atom is 0.270 e. The second-order valence-electron chi connectivity index (χ2n) is 4.35. The van der Waals surface area contributed by atoms with Crippen LogP contribution in [0, 0.1) is 0 Å². The Balaban J connectivity index is 2.84. The molecule has 0 aliphatic carbocycles. The average molecular weight is 249 g/mol. The molecule has 0 aromatic carbocycles. The maximum atomic E-state index is 12.0. The quantitative estimate of drug-likeness (QED) is 0.842. The van der Waals surface area contributed by atoms with Crippen molar-refractivity contribution in [3.8, 4) is 0 Å². The Bertz CT molecular complexity index is 388. The molecule has 1 amide bonds. The first-order valence-electron chi connectivity index (χ1n) is 6.64. The predicted molar refractivity (Wildman–Crippen MR) is 75.0 cm³/mol. The van der Waals surface area contributed by atoms with Crippen molar-refractivity contribution in [1.29, 1.82) is 0 Å². The van der Waals surface area contributed by atoms with Crippen LogP contribution >= 0.6 is 0 Å². The van der Waals surface area contributed by atoms with Crippen LogP contribution in [0.2, 0.25) is 0 Å². The van der Waals surface area contributed by atoms with Crippen LogP contribution in [-0.2, 0) is 0 Å². The number of amides is 1. The highest BCUT2D eigenvalue weighted by Crippen LogP contribution is 2.14. The van der Waals surface area contributed by atoms with E-state index in [0.29, 0.717) is 5.69 Å². The Kier molecular flexibility index (Phi) is 5.62. The Morgan fingerprint density at radius 2 is 2.06 bits per heavy atom. The molecular formula is C14H23N3O. The minimum atomic E-state index is -0.0987. The molecule has 0 radical (unpaired) electrons. The molecule has 0 spiro atoms. The third kappa shape index (κ3) is 3.72. The van der Waals surface area contributed by atoms with Gasteiger partial charge in [0.05, 0.1) is 0 Å². The molecule has 0 bridgehead atoms. The van der Waals surface area contributed by atoms with Crippen LogP contribution in [0.15, 0.2) is 18.3 Å². The van der Waals surface area contributed by atoms with E-state index in [9.17, 15) is 4.79 Å². The highest BCUT2D eigenvalue weighted by molar-refractivity contribution is 5.93. The molecule has 1 aromatic heterocycles. The van der Waals surface area contributed by atoms with Crippen molar-refractivity contribution in [1.82, 2.24) is 10.3 Å². The van der Waals surface area contributed by atoms with Crippen molar-refractivity contribution in [2.45, 2.75) is 40.2 Å². The summed E-state index contributed by atoms with van der Waals surface area (Å²) in [6.07, 6.45) is 2.61. The van der Waals surface area contributed by atoms with E-state index in [2.05, 4.69) is 29.0 Å². The summed E-state index contributed by atoms with van der Waals surface area (Å²) in [4.78, 5) is 18.3. The van der Waals surface area contributed by atoms with E-state index in [1.165, 1.54) is 0 Å². The molecule has 1 atom stereocenters. The molecule has 0 saturated carbocycles. The fraction of sp³-hybridized carbons (Fsp3) is 0.571. The predicted octanol–water partition coefficient (Wildman–Crippen LogP) is 2.46. The zero-order chi connectivity index (χ0) is 13.5. The molecule has 100 valence electrons. The second-order valence-corrected chi connectivity index (χ2v) is 4.35. The summed E-state index contributed by atoms with van der Waals surface area (Å²) < 4.78 is 0. The molecule has 1 unspecified atom stereocenters. The maximum absolute atomic E-state index is 12.0. The lowest BCUT2D eigenvalue weighted by Crippen LogP contribution is -2.32. The number of nitrogens with one attached hydrogen (secondary N) is 1. The summed E-state index contributed by atoms with van der Waals surface area (Å²) in [5.41, 5.74) is 1.53. The minimum absolute atomic E-state index is 0.0987. The molecule has 1 heterocycles. The summed E-state index contributed by atoms with van der Waals surface area (Å²) >= 11 is 0. The third-order valence-corrected chi connectivity index (χ3v) is 3.09. The van der Waals surface area contributed by atoms with Crippen molar-refractivity contribution in [2.24, 2.45) is 0 Å². The van der Waals surface area contributed by atoms with Crippen LogP contribution in [0.1, 0.15) is 44.6 Å². The molecule has 4 heteroatoms. The number of hydrogen-bond acceptors (Lipinski definition) is 3. The molecule has 4 nitrogen and oxygen atoms in total. The summed E-state index contributed by atoms with van der Waals surface area (Å²) in [6.45, 7) is 10.1. The second kappa shape index (κ2) is 6.99. The van der Waals surface area contributed by atoms with E-state index in [4.69, 9.17) is 0 Å². The van der Waals surface area contributed by atoms with E-state index in [1.54, 1.807) is 6.20 Å². The van der Waals surface area contributed by atoms with Crippen LogP contribution in [0.4, 0.5) is 5.69 Å². The first kappa shape index (κ1) is 14.5. The number of pyridine rings is 1. The number of rotatable bonds is 6. The van der Waals surface area contributed by atoms with Crippen LogP contribution in [0.3, 0.4) is 0 Å². The van der Waals surface area contributed by atoms with Crippen LogP contribution in [-0.4, -0.2) is 30.0 Å². The van der Waals surface area contributed by atoms with Gasteiger partial charge in [0.15, 0.2) is 0 Å². The molecule has 1 rings (SSSR count). The Morgan fingerprint density at radius 1 is 1.39 bits per heavy atom. The molecule has 0 aliphatic rings. The minimum Gasteiger partial charge on any atom is -0.372 e. The van der Waals surface area contributed by atoms with Gasteiger partial charge >= 0.3 is 0 Å². The molecular weight excluding hydrogens is 226 g/mol. The molecule has 18 heavy (non-hydrogen) atoms. The number of anilines is 1. The topological polar surface area (TPSA) is 45.2 Å². The van der Waals surface area contributed by atoms with Crippen LogP contribution in [0.5, 0.6) is 0 Å². The first-order valence-corrected chi connectivity index (χ1v) is 6.64. The standard InChI is InChI=1S/C14H23N3O/c1-5-11(4)16-14(18)13-10-12(8-9-15-13)17(6-2)7-3/h8-11H,5-7H2,1-4H3,(H,16,18). The van der Waals surface area contributed by atoms with E-state index in [-0.39, 0.29) is 11.9 Å². The number of carbonyl (C=O) groups is 1. The van der Waals surface area contributed by atoms with Crippen molar-refractivity contribution >= 4 is 11.6 Å². The van der Waals surface area contributed by atoms with Crippen molar-refractivity contribution in [2.75, 3.05) is 18.0 Å². The van der Waals surface area contributed by atoms with E-state index >= 15 is 0 Å². The molecule has 0 aliphatic heterocycles. The lowest BCUT2D eigenvalue weighted by molar-refractivity contribution is 0.0934. The summed E-state index contributed by atoms with van der Waals surface area (Å²) in [5.74, 6) is -0.0987. The smallest absolute Gasteiger partial charge is 0.270 e. The fourth-order valence-corrected chi connectivity index (χ4v) is 1.73. The zero-order valence-corrected chi connectivity index (χ0v) is 11.7. The SMILES string of the molecule is CCC(C)NC(=O)c1cc(N(CC)CC)ccn1. The average Bonchev–Trinajstić information content (AvgIpc) is 2.40.